The number of Topliss-reactive ketones (excluding diaryl/α,β-unsaturated/α-hetero) is 1. The van der Waals surface area contributed by atoms with Crippen LogP contribution < -0.4 is 0 Å². The number of rotatable bonds is 4. The average Bonchev–Trinajstić information content (AvgIpc) is 3.00. The highest BCUT2D eigenvalue weighted by Crippen LogP contribution is 2.72. The van der Waals surface area contributed by atoms with Gasteiger partial charge in [-0.3, -0.25) is 4.79 Å². The van der Waals surface area contributed by atoms with Crippen molar-refractivity contribution < 1.29 is 9.90 Å². The Morgan fingerprint density at radius 2 is 1.69 bits per heavy atom. The highest BCUT2D eigenvalue weighted by molar-refractivity contribution is 5.85. The van der Waals surface area contributed by atoms with Crippen LogP contribution in [0.25, 0.3) is 0 Å². The van der Waals surface area contributed by atoms with E-state index in [1.807, 2.05) is 0 Å². The fourth-order valence-corrected chi connectivity index (χ4v) is 9.21. The van der Waals surface area contributed by atoms with Crippen molar-refractivity contribution in [3.63, 3.8) is 0 Å². The van der Waals surface area contributed by atoms with Gasteiger partial charge >= 0.3 is 0 Å². The van der Waals surface area contributed by atoms with E-state index in [0.29, 0.717) is 23.5 Å². The lowest BCUT2D eigenvalue weighted by Crippen LogP contribution is -2.54. The summed E-state index contributed by atoms with van der Waals surface area (Å²) in [6, 6.07) is 0. The fraction of sp³-hybridized carbons (Fsp3) is 0.833. The zero-order valence-corrected chi connectivity index (χ0v) is 22.1. The van der Waals surface area contributed by atoms with Gasteiger partial charge in [0.1, 0.15) is 5.78 Å². The standard InChI is InChI=1S/C30H48O2/c1-19(2)9-11-24(31)20(3)21-13-17-30(8)23-10-12-25-27(4,5)26(32)15-16-28(25,6)22(23)14-18-29(21,30)7/h9,20-21,24-25,31H,10-18H2,1-8H3. The first-order valence-electron chi connectivity index (χ1n) is 13.4. The van der Waals surface area contributed by atoms with E-state index in [0.717, 1.165) is 19.3 Å². The first-order valence-corrected chi connectivity index (χ1v) is 13.4. The van der Waals surface area contributed by atoms with Crippen molar-refractivity contribution in [2.75, 3.05) is 0 Å². The van der Waals surface area contributed by atoms with Crippen molar-refractivity contribution in [1.82, 2.24) is 0 Å². The minimum Gasteiger partial charge on any atom is -0.393 e. The normalized spacial score (nSPS) is 42.6. The summed E-state index contributed by atoms with van der Waals surface area (Å²) >= 11 is 0. The lowest BCUT2D eigenvalue weighted by atomic mass is 9.43. The summed E-state index contributed by atoms with van der Waals surface area (Å²) < 4.78 is 0. The van der Waals surface area contributed by atoms with Crippen molar-refractivity contribution in [2.24, 2.45) is 39.4 Å². The molecule has 1 N–H and O–H groups in total. The molecule has 0 aromatic rings. The molecule has 2 saturated carbocycles. The van der Waals surface area contributed by atoms with E-state index < -0.39 is 0 Å². The van der Waals surface area contributed by atoms with Crippen LogP contribution in [0.4, 0.5) is 0 Å². The van der Waals surface area contributed by atoms with Crippen molar-refractivity contribution >= 4 is 5.78 Å². The van der Waals surface area contributed by atoms with Crippen LogP contribution in [0, 0.1) is 39.4 Å². The second-order valence-electron chi connectivity index (χ2n) is 13.4. The Bertz CT molecular complexity index is 843. The van der Waals surface area contributed by atoms with Gasteiger partial charge in [-0.25, -0.2) is 0 Å². The number of hydrogen-bond acceptors (Lipinski definition) is 2. The quantitative estimate of drug-likeness (QED) is 0.456. The van der Waals surface area contributed by atoms with Gasteiger partial charge in [-0.2, -0.15) is 0 Å². The Hall–Kier alpha value is -0.890. The molecule has 32 heavy (non-hydrogen) atoms. The highest BCUT2D eigenvalue weighted by atomic mass is 16.3. The third kappa shape index (κ3) is 3.25. The topological polar surface area (TPSA) is 37.3 Å². The molecule has 2 heteroatoms. The number of fused-ring (bicyclic) bond motifs is 4. The van der Waals surface area contributed by atoms with E-state index in [9.17, 15) is 9.90 Å². The van der Waals surface area contributed by atoms with Gasteiger partial charge in [0.2, 0.25) is 0 Å². The lowest BCUT2D eigenvalue weighted by Gasteiger charge is -2.61. The van der Waals surface area contributed by atoms with E-state index >= 15 is 0 Å². The largest absolute Gasteiger partial charge is 0.393 e. The van der Waals surface area contributed by atoms with E-state index in [1.54, 1.807) is 11.1 Å². The van der Waals surface area contributed by atoms with Crippen LogP contribution >= 0.6 is 0 Å². The Balaban J connectivity index is 1.67. The molecule has 4 rings (SSSR count). The number of aliphatic hydroxyl groups is 1. The molecule has 0 amide bonds. The van der Waals surface area contributed by atoms with Crippen LogP contribution in [0.3, 0.4) is 0 Å². The molecule has 180 valence electrons. The maximum atomic E-state index is 12.8. The van der Waals surface area contributed by atoms with E-state index in [-0.39, 0.29) is 27.8 Å². The van der Waals surface area contributed by atoms with Crippen LogP contribution in [0.5, 0.6) is 0 Å². The molecule has 0 spiro atoms. The van der Waals surface area contributed by atoms with Crippen LogP contribution in [-0.4, -0.2) is 17.0 Å². The third-order valence-electron chi connectivity index (χ3n) is 11.6. The summed E-state index contributed by atoms with van der Waals surface area (Å²) in [5, 5.41) is 11.0. The summed E-state index contributed by atoms with van der Waals surface area (Å²) in [4.78, 5) is 12.8. The molecule has 0 aromatic heterocycles. The molecule has 2 fully saturated rings. The lowest BCUT2D eigenvalue weighted by molar-refractivity contribution is -0.139. The SMILES string of the molecule is CC(C)=CCC(O)C(C)C1CCC2(C)C3=C(CCC12C)C1(C)CCC(=O)C(C)(C)C1CC3. The number of ketones is 1. The minimum absolute atomic E-state index is 0.186. The number of carbonyl (C=O) groups excluding carboxylic acids is 1. The summed E-state index contributed by atoms with van der Waals surface area (Å²) in [5.74, 6) is 1.88. The fourth-order valence-electron chi connectivity index (χ4n) is 9.21. The molecule has 0 aromatic carbocycles. The van der Waals surface area contributed by atoms with E-state index in [2.05, 4.69) is 61.5 Å². The number of allylic oxidation sites excluding steroid dienone is 3. The predicted molar refractivity (Wildman–Crippen MR) is 133 cm³/mol. The zero-order valence-electron chi connectivity index (χ0n) is 22.1. The Kier molecular flexibility index (Phi) is 5.93. The average molecular weight is 441 g/mol. The summed E-state index contributed by atoms with van der Waals surface area (Å²) in [6.07, 6.45) is 11.8. The smallest absolute Gasteiger partial charge is 0.138 e. The first kappa shape index (κ1) is 24.2. The van der Waals surface area contributed by atoms with E-state index in [1.165, 1.54) is 44.1 Å². The maximum Gasteiger partial charge on any atom is 0.138 e. The molecule has 7 unspecified atom stereocenters. The second-order valence-corrected chi connectivity index (χ2v) is 13.4. The van der Waals surface area contributed by atoms with Gasteiger partial charge < -0.3 is 5.11 Å². The summed E-state index contributed by atoms with van der Waals surface area (Å²) in [7, 11) is 0. The Morgan fingerprint density at radius 3 is 2.34 bits per heavy atom. The first-order chi connectivity index (χ1) is 14.8. The molecule has 0 saturated heterocycles. The molecule has 4 aliphatic rings. The van der Waals surface area contributed by atoms with Gasteiger partial charge in [-0.1, -0.05) is 64.3 Å². The molecule has 0 aliphatic heterocycles. The summed E-state index contributed by atoms with van der Waals surface area (Å²) in [6.45, 7) is 18.6. The number of aliphatic hydroxyl groups excluding tert-OH is 1. The van der Waals surface area contributed by atoms with Crippen molar-refractivity contribution in [3.05, 3.63) is 22.8 Å². The van der Waals surface area contributed by atoms with Crippen LogP contribution in [0.15, 0.2) is 22.8 Å². The Labute approximate surface area is 197 Å². The van der Waals surface area contributed by atoms with Crippen molar-refractivity contribution in [2.45, 2.75) is 119 Å². The molecule has 0 bridgehead atoms. The third-order valence-corrected chi connectivity index (χ3v) is 11.6. The molecular formula is C30H48O2. The van der Waals surface area contributed by atoms with Gasteiger partial charge in [0.15, 0.2) is 0 Å². The molecule has 2 nitrogen and oxygen atoms in total. The Morgan fingerprint density at radius 1 is 1.00 bits per heavy atom. The van der Waals surface area contributed by atoms with Crippen LogP contribution in [0.1, 0.15) is 113 Å². The molecule has 7 atom stereocenters. The minimum atomic E-state index is -0.247. The monoisotopic (exact) mass is 440 g/mol. The maximum absolute atomic E-state index is 12.8. The van der Waals surface area contributed by atoms with Crippen LogP contribution in [0.2, 0.25) is 0 Å². The van der Waals surface area contributed by atoms with Gasteiger partial charge in [0, 0.05) is 11.8 Å². The number of carbonyl (C=O) groups is 1. The molecule has 0 heterocycles. The van der Waals surface area contributed by atoms with Crippen molar-refractivity contribution in [3.8, 4) is 0 Å². The van der Waals surface area contributed by atoms with Crippen LogP contribution in [-0.2, 0) is 4.79 Å². The highest BCUT2D eigenvalue weighted by Gasteiger charge is 2.63. The van der Waals surface area contributed by atoms with Gasteiger partial charge in [-0.15, -0.1) is 0 Å². The number of hydrogen-bond donors (Lipinski definition) is 1. The molecular weight excluding hydrogens is 392 g/mol. The molecule has 0 radical (unpaired) electrons. The van der Waals surface area contributed by atoms with E-state index in [4.69, 9.17) is 0 Å². The van der Waals surface area contributed by atoms with Gasteiger partial charge in [0.05, 0.1) is 6.10 Å². The predicted octanol–water partition coefficient (Wildman–Crippen LogP) is 7.66. The summed E-state index contributed by atoms with van der Waals surface area (Å²) in [5.41, 5.74) is 5.33. The van der Waals surface area contributed by atoms with Gasteiger partial charge in [-0.05, 0) is 99.2 Å². The van der Waals surface area contributed by atoms with Crippen molar-refractivity contribution in [1.29, 1.82) is 0 Å². The zero-order chi connectivity index (χ0) is 23.7. The molecule has 4 aliphatic carbocycles. The van der Waals surface area contributed by atoms with Gasteiger partial charge in [0.25, 0.3) is 0 Å². The second kappa shape index (κ2) is 7.82.